The summed E-state index contributed by atoms with van der Waals surface area (Å²) in [6.07, 6.45) is 2.76. The highest BCUT2D eigenvalue weighted by atomic mass is 32.1. The molecule has 1 fully saturated rings. The van der Waals surface area contributed by atoms with Crippen molar-refractivity contribution in [3.05, 3.63) is 41.1 Å². The van der Waals surface area contributed by atoms with Gasteiger partial charge in [0.25, 0.3) is 0 Å². The van der Waals surface area contributed by atoms with E-state index in [0.29, 0.717) is 11.8 Å². The van der Waals surface area contributed by atoms with Crippen LogP contribution in [0.2, 0.25) is 0 Å². The van der Waals surface area contributed by atoms with Gasteiger partial charge >= 0.3 is 0 Å². The summed E-state index contributed by atoms with van der Waals surface area (Å²) in [4.78, 5) is 21.8. The van der Waals surface area contributed by atoms with Crippen molar-refractivity contribution in [2.24, 2.45) is 0 Å². The van der Waals surface area contributed by atoms with Crippen LogP contribution in [0.1, 0.15) is 19.3 Å². The van der Waals surface area contributed by atoms with Gasteiger partial charge in [0.2, 0.25) is 11.9 Å². The summed E-state index contributed by atoms with van der Waals surface area (Å²) in [5, 5.41) is 15.9. The highest BCUT2D eigenvalue weighted by molar-refractivity contribution is 7.08. The van der Waals surface area contributed by atoms with Gasteiger partial charge in [0.1, 0.15) is 6.04 Å². The zero-order valence-electron chi connectivity index (χ0n) is 14.6. The van der Waals surface area contributed by atoms with E-state index in [2.05, 4.69) is 15.7 Å². The van der Waals surface area contributed by atoms with Crippen LogP contribution < -0.4 is 10.6 Å². The molecular weight excluding hydrogens is 360 g/mol. The van der Waals surface area contributed by atoms with Crippen molar-refractivity contribution in [2.75, 3.05) is 11.9 Å². The Hall–Kier alpha value is -3.00. The molecule has 1 amide bonds. The van der Waals surface area contributed by atoms with Gasteiger partial charge in [-0.1, -0.05) is 12.1 Å². The Balaban J connectivity index is 1.66. The molecule has 0 unspecified atom stereocenters. The van der Waals surface area contributed by atoms with Crippen LogP contribution in [0, 0.1) is 0 Å². The van der Waals surface area contributed by atoms with Gasteiger partial charge in [-0.25, -0.2) is 9.97 Å². The second-order valence-corrected chi connectivity index (χ2v) is 7.40. The quantitative estimate of drug-likeness (QED) is 0.572. The Morgan fingerprint density at radius 1 is 1.19 bits per heavy atom. The number of carbonyl (C=O) groups is 1. The van der Waals surface area contributed by atoms with Crippen LogP contribution in [-0.2, 0) is 4.79 Å². The van der Waals surface area contributed by atoms with Crippen molar-refractivity contribution in [3.63, 3.8) is 0 Å². The van der Waals surface area contributed by atoms with Crippen LogP contribution in [0.25, 0.3) is 27.9 Å². The van der Waals surface area contributed by atoms with E-state index >= 15 is 0 Å². The molecule has 4 aromatic rings. The third kappa shape index (κ3) is 2.91. The van der Waals surface area contributed by atoms with Crippen molar-refractivity contribution >= 4 is 39.7 Å². The van der Waals surface area contributed by atoms with E-state index in [9.17, 15) is 4.79 Å². The maximum absolute atomic E-state index is 12.4. The number of hydrogen-bond donors (Lipinski definition) is 2. The van der Waals surface area contributed by atoms with Crippen molar-refractivity contribution in [2.45, 2.75) is 25.3 Å². The Kier molecular flexibility index (Phi) is 3.97. The minimum Gasteiger partial charge on any atom is -0.354 e. The normalized spacial score (nSPS) is 17.8. The molecule has 5 rings (SSSR count). The molecule has 2 N–H and O–H groups in total. The van der Waals surface area contributed by atoms with Gasteiger partial charge in [0, 0.05) is 22.9 Å². The van der Waals surface area contributed by atoms with Crippen LogP contribution >= 0.6 is 11.3 Å². The summed E-state index contributed by atoms with van der Waals surface area (Å²) in [5.74, 6) is 1.20. The van der Waals surface area contributed by atoms with Gasteiger partial charge in [-0.2, -0.15) is 15.9 Å². The van der Waals surface area contributed by atoms with Gasteiger partial charge in [-0.3, -0.25) is 4.79 Å². The molecule has 0 radical (unpaired) electrons. The first kappa shape index (κ1) is 16.2. The van der Waals surface area contributed by atoms with Crippen LogP contribution in [0.4, 0.5) is 5.95 Å². The van der Waals surface area contributed by atoms with E-state index in [1.807, 2.05) is 41.1 Å². The topological polar surface area (TPSA) is 84.2 Å². The molecule has 7 nitrogen and oxygen atoms in total. The van der Waals surface area contributed by atoms with E-state index in [1.165, 1.54) is 0 Å². The van der Waals surface area contributed by atoms with Crippen molar-refractivity contribution in [3.8, 4) is 11.4 Å². The van der Waals surface area contributed by atoms with E-state index in [4.69, 9.17) is 9.97 Å². The SMILES string of the molecule is O=C1NCCCC[C@@H]1Nc1nc2ccccc2c2nc(-c3ccsc3)nn12. The Morgan fingerprint density at radius 2 is 2.11 bits per heavy atom. The van der Waals surface area contributed by atoms with Crippen molar-refractivity contribution in [1.29, 1.82) is 0 Å². The number of hydrogen-bond acceptors (Lipinski definition) is 6. The third-order valence-corrected chi connectivity index (χ3v) is 5.48. The van der Waals surface area contributed by atoms with Gasteiger partial charge in [0.15, 0.2) is 11.5 Å². The number of rotatable bonds is 3. The summed E-state index contributed by atoms with van der Waals surface area (Å²) < 4.78 is 1.72. The third-order valence-electron chi connectivity index (χ3n) is 4.80. The van der Waals surface area contributed by atoms with Crippen molar-refractivity contribution < 1.29 is 4.79 Å². The Bertz CT molecular complexity index is 1120. The number of nitrogens with one attached hydrogen (secondary N) is 2. The van der Waals surface area contributed by atoms with Crippen molar-refractivity contribution in [1.82, 2.24) is 24.9 Å². The number of benzene rings is 1. The molecule has 8 heteroatoms. The Labute approximate surface area is 159 Å². The van der Waals surface area contributed by atoms with Gasteiger partial charge in [0.05, 0.1) is 5.52 Å². The van der Waals surface area contributed by atoms with Gasteiger partial charge in [-0.15, -0.1) is 5.10 Å². The molecule has 4 heterocycles. The molecule has 1 aromatic carbocycles. The summed E-state index contributed by atoms with van der Waals surface area (Å²) in [5.41, 5.74) is 2.54. The molecule has 3 aromatic heterocycles. The van der Waals surface area contributed by atoms with Crippen LogP contribution in [0.3, 0.4) is 0 Å². The first-order valence-corrected chi connectivity index (χ1v) is 9.96. The molecule has 1 aliphatic rings. The lowest BCUT2D eigenvalue weighted by Crippen LogP contribution is -2.38. The van der Waals surface area contributed by atoms with Gasteiger partial charge < -0.3 is 10.6 Å². The summed E-state index contributed by atoms with van der Waals surface area (Å²) >= 11 is 1.61. The number of carbonyl (C=O) groups excluding carboxylic acids is 1. The van der Waals surface area contributed by atoms with E-state index in [1.54, 1.807) is 15.9 Å². The standard InChI is InChI=1S/C19H18N6OS/c26-18-15(7-3-4-9-20-18)22-19-21-14-6-2-1-5-13(14)17-23-16(24-25(17)19)12-8-10-27-11-12/h1-2,5-6,8,10-11,15H,3-4,7,9H2,(H,20,26)(H,21,22)/t15-/m0/s1. The fraction of sp³-hybridized carbons (Fsp3) is 0.263. The lowest BCUT2D eigenvalue weighted by Gasteiger charge is -2.16. The smallest absolute Gasteiger partial charge is 0.242 e. The molecule has 0 spiro atoms. The minimum atomic E-state index is -0.321. The number of nitrogens with zero attached hydrogens (tertiary/aromatic N) is 4. The molecule has 1 atom stereocenters. The van der Waals surface area contributed by atoms with E-state index in [-0.39, 0.29) is 11.9 Å². The number of para-hydroxylation sites is 1. The monoisotopic (exact) mass is 378 g/mol. The predicted octanol–water partition coefficient (Wildman–Crippen LogP) is 3.09. The number of thiophene rings is 1. The molecule has 136 valence electrons. The number of fused-ring (bicyclic) bond motifs is 3. The van der Waals surface area contributed by atoms with Crippen LogP contribution in [0.15, 0.2) is 41.1 Å². The lowest BCUT2D eigenvalue weighted by atomic mass is 10.1. The number of aromatic nitrogens is 4. The van der Waals surface area contributed by atoms with E-state index in [0.717, 1.165) is 47.9 Å². The molecule has 0 aliphatic carbocycles. The number of amides is 1. The zero-order valence-corrected chi connectivity index (χ0v) is 15.4. The molecule has 1 aliphatic heterocycles. The summed E-state index contributed by atoms with van der Waals surface area (Å²) in [6.45, 7) is 0.725. The summed E-state index contributed by atoms with van der Waals surface area (Å²) in [6, 6.07) is 9.54. The number of anilines is 1. The van der Waals surface area contributed by atoms with E-state index < -0.39 is 0 Å². The largest absolute Gasteiger partial charge is 0.354 e. The first-order valence-electron chi connectivity index (χ1n) is 9.02. The average molecular weight is 378 g/mol. The second kappa shape index (κ2) is 6.62. The maximum Gasteiger partial charge on any atom is 0.242 e. The molecule has 27 heavy (non-hydrogen) atoms. The predicted molar refractivity (Wildman–Crippen MR) is 106 cm³/mol. The second-order valence-electron chi connectivity index (χ2n) is 6.62. The Morgan fingerprint density at radius 3 is 3.00 bits per heavy atom. The fourth-order valence-electron chi connectivity index (χ4n) is 3.40. The maximum atomic E-state index is 12.4. The van der Waals surface area contributed by atoms with Gasteiger partial charge in [-0.05, 0) is 42.8 Å². The molecular formula is C19H18N6OS. The first-order chi connectivity index (χ1) is 13.3. The summed E-state index contributed by atoms with van der Waals surface area (Å²) in [7, 11) is 0. The van der Waals surface area contributed by atoms with Crippen LogP contribution in [-0.4, -0.2) is 38.1 Å². The highest BCUT2D eigenvalue weighted by Crippen LogP contribution is 2.25. The average Bonchev–Trinajstić information content (AvgIpc) is 3.32. The lowest BCUT2D eigenvalue weighted by molar-refractivity contribution is -0.121. The fourth-order valence-corrected chi connectivity index (χ4v) is 4.03. The molecule has 0 saturated carbocycles. The molecule has 1 saturated heterocycles. The zero-order chi connectivity index (χ0) is 18.2. The molecule has 0 bridgehead atoms. The van der Waals surface area contributed by atoms with Crippen LogP contribution in [0.5, 0.6) is 0 Å². The minimum absolute atomic E-state index is 0.00813. The highest BCUT2D eigenvalue weighted by Gasteiger charge is 2.23.